The number of alkyl halides is 1. The van der Waals surface area contributed by atoms with Gasteiger partial charge in [-0.3, -0.25) is 0 Å². The van der Waals surface area contributed by atoms with E-state index < -0.39 is 5.67 Å². The fraction of sp³-hybridized carbons (Fsp3) is 1.00. The van der Waals surface area contributed by atoms with Gasteiger partial charge in [0.05, 0.1) is 0 Å². The lowest BCUT2D eigenvalue weighted by atomic mass is 9.95. The first kappa shape index (κ1) is 10.9. The quantitative estimate of drug-likeness (QED) is 0.595. The summed E-state index contributed by atoms with van der Waals surface area (Å²) >= 11 is 0. The first-order valence-electron chi connectivity index (χ1n) is 4.57. The van der Waals surface area contributed by atoms with E-state index >= 15 is 0 Å². The van der Waals surface area contributed by atoms with Crippen LogP contribution in [0.3, 0.4) is 0 Å². The minimum atomic E-state index is -1.09. The van der Waals surface area contributed by atoms with Crippen LogP contribution in [0.1, 0.15) is 46.0 Å². The van der Waals surface area contributed by atoms with Gasteiger partial charge in [-0.15, -0.1) is 0 Å². The summed E-state index contributed by atoms with van der Waals surface area (Å²) in [5, 5.41) is 0. The van der Waals surface area contributed by atoms with Crippen LogP contribution in [0.4, 0.5) is 4.39 Å². The Balaban J connectivity index is 3.51. The van der Waals surface area contributed by atoms with E-state index in [0.29, 0.717) is 12.8 Å². The van der Waals surface area contributed by atoms with Gasteiger partial charge >= 0.3 is 0 Å². The highest BCUT2D eigenvalue weighted by Crippen LogP contribution is 2.22. The van der Waals surface area contributed by atoms with Crippen molar-refractivity contribution in [2.75, 3.05) is 6.54 Å². The molecule has 11 heavy (non-hydrogen) atoms. The van der Waals surface area contributed by atoms with E-state index in [2.05, 4.69) is 6.92 Å². The van der Waals surface area contributed by atoms with Gasteiger partial charge in [-0.2, -0.15) is 0 Å². The second-order valence-electron chi connectivity index (χ2n) is 3.17. The molecule has 1 atom stereocenters. The third-order valence-corrected chi connectivity index (χ3v) is 2.23. The molecule has 0 spiro atoms. The molecule has 0 heterocycles. The molecule has 1 nitrogen and oxygen atoms in total. The highest BCUT2D eigenvalue weighted by molar-refractivity contribution is 4.77. The number of rotatable bonds is 6. The molecule has 68 valence electrons. The number of unbranched alkanes of at least 4 members (excludes halogenated alkanes) is 2. The van der Waals surface area contributed by atoms with Crippen molar-refractivity contribution in [1.82, 2.24) is 0 Å². The van der Waals surface area contributed by atoms with E-state index in [9.17, 15) is 4.39 Å². The summed E-state index contributed by atoms with van der Waals surface area (Å²) in [6.07, 6.45) is 4.41. The largest absolute Gasteiger partial charge is 0.328 e. The topological polar surface area (TPSA) is 26.0 Å². The maximum absolute atomic E-state index is 13.4. The summed E-state index contributed by atoms with van der Waals surface area (Å²) in [5.41, 5.74) is 4.24. The van der Waals surface area contributed by atoms with Gasteiger partial charge in [0, 0.05) is 6.54 Å². The average Bonchev–Trinajstić information content (AvgIpc) is 2.05. The smallest absolute Gasteiger partial charge is 0.122 e. The molecule has 2 heteroatoms. The van der Waals surface area contributed by atoms with Gasteiger partial charge in [0.1, 0.15) is 5.67 Å². The average molecular weight is 161 g/mol. The van der Waals surface area contributed by atoms with Crippen LogP contribution in [0.25, 0.3) is 0 Å². The minimum Gasteiger partial charge on any atom is -0.328 e. The van der Waals surface area contributed by atoms with E-state index in [4.69, 9.17) is 5.73 Å². The summed E-state index contributed by atoms with van der Waals surface area (Å²) in [6, 6.07) is 0. The molecule has 0 aromatic carbocycles. The molecule has 0 bridgehead atoms. The van der Waals surface area contributed by atoms with Crippen molar-refractivity contribution in [3.8, 4) is 0 Å². The van der Waals surface area contributed by atoms with E-state index in [0.717, 1.165) is 19.3 Å². The first-order chi connectivity index (χ1) is 5.18. The molecule has 0 aliphatic carbocycles. The first-order valence-corrected chi connectivity index (χ1v) is 4.57. The zero-order chi connectivity index (χ0) is 8.74. The molecule has 0 amide bonds. The van der Waals surface area contributed by atoms with Crippen molar-refractivity contribution in [2.45, 2.75) is 51.6 Å². The molecule has 0 aromatic heterocycles. The molecule has 0 saturated heterocycles. The molecule has 0 fully saturated rings. The molecule has 0 radical (unpaired) electrons. The van der Waals surface area contributed by atoms with Gasteiger partial charge in [-0.05, 0) is 12.8 Å². The number of halogens is 1. The maximum Gasteiger partial charge on any atom is 0.122 e. The third kappa shape index (κ3) is 4.35. The predicted octanol–water partition coefficient (Wildman–Crippen LogP) is 2.64. The van der Waals surface area contributed by atoms with Crippen molar-refractivity contribution in [3.63, 3.8) is 0 Å². The summed E-state index contributed by atoms with van der Waals surface area (Å²) < 4.78 is 13.4. The molecular weight excluding hydrogens is 141 g/mol. The van der Waals surface area contributed by atoms with Crippen molar-refractivity contribution in [3.05, 3.63) is 0 Å². The lowest BCUT2D eigenvalue weighted by molar-refractivity contribution is 0.149. The Morgan fingerprint density at radius 1 is 1.27 bits per heavy atom. The fourth-order valence-corrected chi connectivity index (χ4v) is 1.11. The maximum atomic E-state index is 13.4. The Labute approximate surface area is 69.2 Å². The molecule has 0 saturated carbocycles. The van der Waals surface area contributed by atoms with Gasteiger partial charge in [0.2, 0.25) is 0 Å². The van der Waals surface area contributed by atoms with Crippen LogP contribution in [-0.4, -0.2) is 12.2 Å². The van der Waals surface area contributed by atoms with E-state index in [-0.39, 0.29) is 6.54 Å². The van der Waals surface area contributed by atoms with Crippen LogP contribution in [0.2, 0.25) is 0 Å². The lowest BCUT2D eigenvalue weighted by Gasteiger charge is -2.21. The summed E-state index contributed by atoms with van der Waals surface area (Å²) in [7, 11) is 0. The van der Waals surface area contributed by atoms with Crippen molar-refractivity contribution in [1.29, 1.82) is 0 Å². The summed E-state index contributed by atoms with van der Waals surface area (Å²) in [5.74, 6) is 0. The highest BCUT2D eigenvalue weighted by atomic mass is 19.1. The predicted molar refractivity (Wildman–Crippen MR) is 47.3 cm³/mol. The Hall–Kier alpha value is -0.110. The SMILES string of the molecule is CCCCCC(F)(CC)CN. The molecule has 1 unspecified atom stereocenters. The molecule has 0 aliphatic rings. The number of hydrogen-bond acceptors (Lipinski definition) is 1. The minimum absolute atomic E-state index is 0.174. The van der Waals surface area contributed by atoms with Gasteiger partial charge in [0.25, 0.3) is 0 Å². The van der Waals surface area contributed by atoms with E-state index in [1.165, 1.54) is 0 Å². The van der Waals surface area contributed by atoms with Gasteiger partial charge in [-0.1, -0.05) is 33.1 Å². The van der Waals surface area contributed by atoms with Gasteiger partial charge in [0.15, 0.2) is 0 Å². The van der Waals surface area contributed by atoms with E-state index in [1.807, 2.05) is 6.92 Å². The summed E-state index contributed by atoms with van der Waals surface area (Å²) in [4.78, 5) is 0. The molecule has 0 aromatic rings. The van der Waals surface area contributed by atoms with Gasteiger partial charge in [-0.25, -0.2) is 4.39 Å². The Bertz CT molecular complexity index is 89.6. The van der Waals surface area contributed by atoms with Crippen LogP contribution < -0.4 is 5.73 Å². The zero-order valence-electron chi connectivity index (χ0n) is 7.70. The molecule has 2 N–H and O–H groups in total. The van der Waals surface area contributed by atoms with Crippen LogP contribution in [0, 0.1) is 0 Å². The standard InChI is InChI=1S/C9H20FN/c1-3-5-6-7-9(10,4-2)8-11/h3-8,11H2,1-2H3. The molecule has 0 rings (SSSR count). The zero-order valence-corrected chi connectivity index (χ0v) is 7.70. The number of nitrogens with two attached hydrogens (primary N) is 1. The highest BCUT2D eigenvalue weighted by Gasteiger charge is 2.24. The normalized spacial score (nSPS) is 16.4. The number of hydrogen-bond donors (Lipinski definition) is 1. The van der Waals surface area contributed by atoms with Crippen molar-refractivity contribution >= 4 is 0 Å². The van der Waals surface area contributed by atoms with Gasteiger partial charge < -0.3 is 5.73 Å². The Morgan fingerprint density at radius 3 is 2.27 bits per heavy atom. The van der Waals surface area contributed by atoms with Crippen molar-refractivity contribution in [2.24, 2.45) is 5.73 Å². The Morgan fingerprint density at radius 2 is 1.91 bits per heavy atom. The second kappa shape index (κ2) is 5.53. The van der Waals surface area contributed by atoms with Crippen molar-refractivity contribution < 1.29 is 4.39 Å². The molecule has 0 aliphatic heterocycles. The third-order valence-electron chi connectivity index (χ3n) is 2.23. The monoisotopic (exact) mass is 161 g/mol. The van der Waals surface area contributed by atoms with Crippen LogP contribution in [0.5, 0.6) is 0 Å². The lowest BCUT2D eigenvalue weighted by Crippen LogP contribution is -2.31. The Kier molecular flexibility index (Phi) is 5.47. The summed E-state index contributed by atoms with van der Waals surface area (Å²) in [6.45, 7) is 4.15. The fourth-order valence-electron chi connectivity index (χ4n) is 1.11. The van der Waals surface area contributed by atoms with Crippen LogP contribution in [-0.2, 0) is 0 Å². The van der Waals surface area contributed by atoms with Crippen LogP contribution >= 0.6 is 0 Å². The molecular formula is C9H20FN. The van der Waals surface area contributed by atoms with Crippen LogP contribution in [0.15, 0.2) is 0 Å². The van der Waals surface area contributed by atoms with E-state index in [1.54, 1.807) is 0 Å². The second-order valence-corrected chi connectivity index (χ2v) is 3.17.